The van der Waals surface area contributed by atoms with Gasteiger partial charge in [0.25, 0.3) is 0 Å². The third-order valence-electron chi connectivity index (χ3n) is 2.61. The molecule has 2 unspecified atom stereocenters. The Morgan fingerprint density at radius 1 is 1.60 bits per heavy atom. The van der Waals surface area contributed by atoms with Crippen molar-refractivity contribution in [1.29, 1.82) is 0 Å². The van der Waals surface area contributed by atoms with Crippen molar-refractivity contribution in [3.8, 4) is 0 Å². The van der Waals surface area contributed by atoms with E-state index in [1.54, 1.807) is 11.3 Å². The summed E-state index contributed by atoms with van der Waals surface area (Å²) < 4.78 is 1.18. The molecule has 0 bridgehead atoms. The summed E-state index contributed by atoms with van der Waals surface area (Å²) in [4.78, 5) is 1.37. The van der Waals surface area contributed by atoms with Gasteiger partial charge in [-0.25, -0.2) is 0 Å². The van der Waals surface area contributed by atoms with Crippen molar-refractivity contribution in [2.45, 2.75) is 32.9 Å². The average molecular weight is 288 g/mol. The van der Waals surface area contributed by atoms with Crippen LogP contribution in [0.3, 0.4) is 0 Å². The Labute approximate surface area is 105 Å². The van der Waals surface area contributed by atoms with Gasteiger partial charge in [0.15, 0.2) is 0 Å². The molecule has 3 heteroatoms. The highest BCUT2D eigenvalue weighted by molar-refractivity contribution is 9.10. The van der Waals surface area contributed by atoms with E-state index in [9.17, 15) is 0 Å². The summed E-state index contributed by atoms with van der Waals surface area (Å²) in [5.74, 6) is 0.644. The van der Waals surface area contributed by atoms with Crippen LogP contribution in [0.5, 0.6) is 0 Å². The van der Waals surface area contributed by atoms with E-state index in [0.717, 1.165) is 13.0 Å². The predicted molar refractivity (Wildman–Crippen MR) is 72.3 cm³/mol. The van der Waals surface area contributed by atoms with E-state index in [4.69, 9.17) is 0 Å². The molecule has 1 aromatic rings. The Kier molecular flexibility index (Phi) is 5.58. The maximum absolute atomic E-state index is 3.77. The van der Waals surface area contributed by atoms with Gasteiger partial charge in [0.05, 0.1) is 0 Å². The lowest BCUT2D eigenvalue weighted by Crippen LogP contribution is -2.31. The molecule has 0 amide bonds. The van der Waals surface area contributed by atoms with Crippen LogP contribution in [0.2, 0.25) is 0 Å². The summed E-state index contributed by atoms with van der Waals surface area (Å²) in [6, 6.07) is 2.70. The van der Waals surface area contributed by atoms with Gasteiger partial charge in [0.2, 0.25) is 0 Å². The zero-order chi connectivity index (χ0) is 11.3. The molecule has 1 N–H and O–H groups in total. The van der Waals surface area contributed by atoms with Crippen LogP contribution in [0.4, 0.5) is 0 Å². The van der Waals surface area contributed by atoms with Crippen LogP contribution in [0, 0.1) is 5.92 Å². The topological polar surface area (TPSA) is 12.0 Å². The van der Waals surface area contributed by atoms with Gasteiger partial charge in [0.1, 0.15) is 0 Å². The highest BCUT2D eigenvalue weighted by atomic mass is 79.9. The largest absolute Gasteiger partial charge is 0.309 e. The first kappa shape index (κ1) is 12.9. The van der Waals surface area contributed by atoms with Gasteiger partial charge in [-0.2, -0.15) is 0 Å². The van der Waals surface area contributed by atoms with Crippen LogP contribution in [-0.4, -0.2) is 6.04 Å². The quantitative estimate of drug-likeness (QED) is 0.774. The molecule has 0 saturated heterocycles. The van der Waals surface area contributed by atoms with Gasteiger partial charge in [-0.15, -0.1) is 17.9 Å². The minimum absolute atomic E-state index is 0.531. The zero-order valence-electron chi connectivity index (χ0n) is 9.29. The second kappa shape index (κ2) is 6.46. The highest BCUT2D eigenvalue weighted by Gasteiger charge is 2.10. The number of rotatable bonds is 6. The molecule has 1 nitrogen and oxygen atoms in total. The maximum atomic E-state index is 3.77. The molecule has 84 valence electrons. The number of nitrogens with one attached hydrogen (secondary N) is 1. The van der Waals surface area contributed by atoms with Crippen LogP contribution in [0.15, 0.2) is 28.6 Å². The van der Waals surface area contributed by atoms with Crippen molar-refractivity contribution < 1.29 is 0 Å². The molecular weight excluding hydrogens is 270 g/mol. The molecule has 0 aliphatic heterocycles. The van der Waals surface area contributed by atoms with Crippen molar-refractivity contribution in [3.63, 3.8) is 0 Å². The molecule has 1 rings (SSSR count). The molecule has 0 aliphatic carbocycles. The van der Waals surface area contributed by atoms with Gasteiger partial charge < -0.3 is 5.32 Å². The number of hydrogen-bond donors (Lipinski definition) is 1. The molecule has 0 saturated carbocycles. The van der Waals surface area contributed by atoms with Gasteiger partial charge in [-0.05, 0) is 41.3 Å². The number of halogens is 1. The first-order chi connectivity index (χ1) is 7.13. The van der Waals surface area contributed by atoms with E-state index in [-0.39, 0.29) is 0 Å². The second-order valence-corrected chi connectivity index (χ2v) is 5.81. The zero-order valence-corrected chi connectivity index (χ0v) is 11.7. The molecule has 1 heterocycles. The van der Waals surface area contributed by atoms with E-state index in [1.807, 2.05) is 6.08 Å². The van der Waals surface area contributed by atoms with Gasteiger partial charge in [0, 0.05) is 27.3 Å². The second-order valence-electron chi connectivity index (χ2n) is 3.90. The lowest BCUT2D eigenvalue weighted by atomic mass is 10.00. The van der Waals surface area contributed by atoms with Crippen molar-refractivity contribution in [1.82, 2.24) is 5.32 Å². The third kappa shape index (κ3) is 4.49. The number of allylic oxidation sites excluding steroid dienone is 1. The van der Waals surface area contributed by atoms with Gasteiger partial charge >= 0.3 is 0 Å². The molecule has 0 aliphatic rings. The van der Waals surface area contributed by atoms with Crippen LogP contribution in [-0.2, 0) is 6.54 Å². The normalized spacial score (nSPS) is 14.9. The van der Waals surface area contributed by atoms with Crippen LogP contribution < -0.4 is 5.32 Å². The fourth-order valence-corrected chi connectivity index (χ4v) is 2.78. The third-order valence-corrected chi connectivity index (χ3v) is 4.31. The van der Waals surface area contributed by atoms with Gasteiger partial charge in [-0.1, -0.05) is 13.0 Å². The maximum Gasteiger partial charge on any atom is 0.0302 e. The van der Waals surface area contributed by atoms with Crippen LogP contribution in [0.1, 0.15) is 25.1 Å². The molecule has 0 radical (unpaired) electrons. The number of thiophene rings is 1. The van der Waals surface area contributed by atoms with E-state index in [1.165, 1.54) is 9.35 Å². The summed E-state index contributed by atoms with van der Waals surface area (Å²) in [7, 11) is 0. The Hall–Kier alpha value is -0.120. The minimum atomic E-state index is 0.531. The lowest BCUT2D eigenvalue weighted by Gasteiger charge is -2.19. The van der Waals surface area contributed by atoms with Crippen molar-refractivity contribution in [2.24, 2.45) is 5.92 Å². The van der Waals surface area contributed by atoms with E-state index >= 15 is 0 Å². The first-order valence-electron chi connectivity index (χ1n) is 5.20. The Bertz CT molecular complexity index is 308. The smallest absolute Gasteiger partial charge is 0.0302 e. The summed E-state index contributed by atoms with van der Waals surface area (Å²) in [5, 5.41) is 5.66. The van der Waals surface area contributed by atoms with E-state index in [2.05, 4.69) is 53.1 Å². The Balaban J connectivity index is 2.33. The molecular formula is C12H18BrNS. The monoisotopic (exact) mass is 287 g/mol. The highest BCUT2D eigenvalue weighted by Crippen LogP contribution is 2.20. The minimum Gasteiger partial charge on any atom is -0.309 e. The first-order valence-corrected chi connectivity index (χ1v) is 6.88. The fraction of sp³-hybridized carbons (Fsp3) is 0.500. The summed E-state index contributed by atoms with van der Waals surface area (Å²) in [6.07, 6.45) is 3.06. The van der Waals surface area contributed by atoms with E-state index in [0.29, 0.717) is 12.0 Å². The number of hydrogen-bond acceptors (Lipinski definition) is 2. The molecule has 1 aromatic heterocycles. The summed E-state index contributed by atoms with van der Waals surface area (Å²) >= 11 is 5.25. The summed E-state index contributed by atoms with van der Waals surface area (Å²) in [5.41, 5.74) is 0. The van der Waals surface area contributed by atoms with Crippen LogP contribution >= 0.6 is 27.3 Å². The molecule has 15 heavy (non-hydrogen) atoms. The standard InChI is InChI=1S/C12H18BrNS/c1-4-5-9(2)10(3)14-7-12-6-11(13)8-15-12/h4,6,8-10,14H,1,5,7H2,2-3H3. The molecule has 0 spiro atoms. The SMILES string of the molecule is C=CCC(C)C(C)NCc1cc(Br)cs1. The average Bonchev–Trinajstić information content (AvgIpc) is 2.61. The Morgan fingerprint density at radius 3 is 2.87 bits per heavy atom. The predicted octanol–water partition coefficient (Wildman–Crippen LogP) is 4.20. The van der Waals surface area contributed by atoms with E-state index < -0.39 is 0 Å². The van der Waals surface area contributed by atoms with Crippen molar-refractivity contribution in [2.75, 3.05) is 0 Å². The fourth-order valence-electron chi connectivity index (χ4n) is 1.38. The van der Waals surface area contributed by atoms with Crippen molar-refractivity contribution in [3.05, 3.63) is 33.5 Å². The Morgan fingerprint density at radius 2 is 2.33 bits per heavy atom. The lowest BCUT2D eigenvalue weighted by molar-refractivity contribution is 0.403. The van der Waals surface area contributed by atoms with Gasteiger partial charge in [-0.3, -0.25) is 0 Å². The van der Waals surface area contributed by atoms with Crippen LogP contribution in [0.25, 0.3) is 0 Å². The molecule has 0 aromatic carbocycles. The molecule has 0 fully saturated rings. The van der Waals surface area contributed by atoms with Crippen molar-refractivity contribution >= 4 is 27.3 Å². The molecule has 2 atom stereocenters. The summed E-state index contributed by atoms with van der Waals surface area (Å²) in [6.45, 7) is 9.22.